The Morgan fingerprint density at radius 2 is 2.00 bits per heavy atom. The summed E-state index contributed by atoms with van der Waals surface area (Å²) in [5.41, 5.74) is 0.234. The minimum Gasteiger partial charge on any atom is -0.393 e. The van der Waals surface area contributed by atoms with Gasteiger partial charge in [-0.25, -0.2) is 4.39 Å². The molecule has 2 atom stereocenters. The third-order valence-electron chi connectivity index (χ3n) is 1.54. The van der Waals surface area contributed by atoms with Gasteiger partial charge < -0.3 is 10.2 Å². The minimum absolute atomic E-state index is 0.234. The molecular formula is C9H11FO2. The van der Waals surface area contributed by atoms with E-state index in [4.69, 9.17) is 7.85 Å². The van der Waals surface area contributed by atoms with Crippen LogP contribution in [0.1, 0.15) is 14.4 Å². The van der Waals surface area contributed by atoms with E-state index in [-0.39, 0.29) is 5.56 Å². The van der Waals surface area contributed by atoms with Gasteiger partial charge >= 0.3 is 0 Å². The molecule has 0 amide bonds. The normalized spacial score (nSPS) is 19.2. The molecule has 1 rings (SSSR count). The molecule has 0 heterocycles. The summed E-state index contributed by atoms with van der Waals surface area (Å²) < 4.78 is 26.5. The molecule has 0 bridgehead atoms. The van der Waals surface area contributed by atoms with Crippen molar-refractivity contribution in [1.29, 1.82) is 0 Å². The van der Waals surface area contributed by atoms with Crippen LogP contribution in [0.25, 0.3) is 0 Å². The Morgan fingerprint density at radius 1 is 1.42 bits per heavy atom. The molecule has 0 spiro atoms. The van der Waals surface area contributed by atoms with Crippen LogP contribution in [0.15, 0.2) is 30.3 Å². The predicted molar refractivity (Wildman–Crippen MR) is 43.4 cm³/mol. The number of aliphatic hydroxyl groups excluding tert-OH is 1. The second-order valence-corrected chi connectivity index (χ2v) is 2.39. The molecule has 2 N–H and O–H groups in total. The van der Waals surface area contributed by atoms with Crippen molar-refractivity contribution >= 4 is 0 Å². The van der Waals surface area contributed by atoms with Crippen LogP contribution in [0.5, 0.6) is 0 Å². The third kappa shape index (κ3) is 2.03. The second-order valence-electron chi connectivity index (χ2n) is 2.39. The molecule has 3 heteroatoms. The maximum Gasteiger partial charge on any atom is 0.153 e. The van der Waals surface area contributed by atoms with Gasteiger partial charge in [-0.3, -0.25) is 0 Å². The average Bonchev–Trinajstić information content (AvgIpc) is 2.15. The summed E-state index contributed by atoms with van der Waals surface area (Å²) in [7, 11) is 0. The summed E-state index contributed by atoms with van der Waals surface area (Å²) in [4.78, 5) is 0. The van der Waals surface area contributed by atoms with Crippen LogP contribution in [0.2, 0.25) is 0 Å². The molecule has 0 saturated heterocycles. The number of rotatable bonds is 3. The summed E-state index contributed by atoms with van der Waals surface area (Å²) in [5, 5.41) is 18.1. The molecule has 0 aromatic heterocycles. The summed E-state index contributed by atoms with van der Waals surface area (Å²) in [6.07, 6.45) is -4.01. The largest absolute Gasteiger partial charge is 0.393 e. The van der Waals surface area contributed by atoms with Gasteiger partial charge in [-0.15, -0.1) is 0 Å². The van der Waals surface area contributed by atoms with E-state index in [0.29, 0.717) is 0 Å². The van der Waals surface area contributed by atoms with Gasteiger partial charge in [0.15, 0.2) is 6.17 Å². The number of hydrogen-bond donors (Lipinski definition) is 2. The highest BCUT2D eigenvalue weighted by molar-refractivity contribution is 5.18. The highest BCUT2D eigenvalue weighted by Crippen LogP contribution is 2.17. The van der Waals surface area contributed by atoms with E-state index in [1.807, 2.05) is 0 Å². The standard InChI is InChI=1S/C9H11FO2/c10-8(6-11)9(12)7-4-2-1-3-5-7/h1-5,8-9,11-12H,6H2/t8-,9-/m1/s1/i6D2. The van der Waals surface area contributed by atoms with Crippen LogP contribution in [0.3, 0.4) is 0 Å². The van der Waals surface area contributed by atoms with Gasteiger partial charge in [-0.05, 0) is 5.56 Å². The van der Waals surface area contributed by atoms with Crippen molar-refractivity contribution in [1.82, 2.24) is 0 Å². The van der Waals surface area contributed by atoms with Crippen LogP contribution < -0.4 is 0 Å². The third-order valence-corrected chi connectivity index (χ3v) is 1.54. The number of alkyl halides is 1. The quantitative estimate of drug-likeness (QED) is 0.715. The molecule has 0 fully saturated rings. The SMILES string of the molecule is [2H]C([2H])(O)[C@@H](F)[C@H](O)c1ccccc1. The topological polar surface area (TPSA) is 40.5 Å². The number of aliphatic hydroxyl groups is 2. The van der Waals surface area contributed by atoms with E-state index in [2.05, 4.69) is 0 Å². The van der Waals surface area contributed by atoms with Crippen LogP contribution in [0, 0.1) is 0 Å². The number of halogens is 1. The van der Waals surface area contributed by atoms with Gasteiger partial charge in [-0.1, -0.05) is 30.3 Å². The van der Waals surface area contributed by atoms with Gasteiger partial charge in [0.1, 0.15) is 6.10 Å². The maximum atomic E-state index is 13.1. The molecule has 0 radical (unpaired) electrons. The van der Waals surface area contributed by atoms with Gasteiger partial charge in [0, 0.05) is 0 Å². The fourth-order valence-corrected chi connectivity index (χ4v) is 0.890. The van der Waals surface area contributed by atoms with Crippen LogP contribution in [0.4, 0.5) is 4.39 Å². The lowest BCUT2D eigenvalue weighted by atomic mass is 10.1. The number of hydrogen-bond acceptors (Lipinski definition) is 2. The van der Waals surface area contributed by atoms with E-state index in [1.165, 1.54) is 12.1 Å². The molecule has 1 aromatic carbocycles. The van der Waals surface area contributed by atoms with E-state index in [0.717, 1.165) is 0 Å². The Labute approximate surface area is 73.1 Å². The van der Waals surface area contributed by atoms with Crippen LogP contribution in [-0.2, 0) is 0 Å². The van der Waals surface area contributed by atoms with Crippen LogP contribution >= 0.6 is 0 Å². The highest BCUT2D eigenvalue weighted by Gasteiger charge is 2.18. The summed E-state index contributed by atoms with van der Waals surface area (Å²) >= 11 is 0. The highest BCUT2D eigenvalue weighted by atomic mass is 19.1. The zero-order valence-corrected chi connectivity index (χ0v) is 6.31. The first-order valence-electron chi connectivity index (χ1n) is 4.52. The first-order chi connectivity index (χ1) is 6.43. The Balaban J connectivity index is 2.81. The Bertz CT molecular complexity index is 287. The van der Waals surface area contributed by atoms with Crippen molar-refractivity contribution < 1.29 is 17.3 Å². The smallest absolute Gasteiger partial charge is 0.153 e. The second kappa shape index (κ2) is 4.18. The fourth-order valence-electron chi connectivity index (χ4n) is 0.890. The molecule has 1 aromatic rings. The zero-order valence-electron chi connectivity index (χ0n) is 8.31. The maximum absolute atomic E-state index is 13.1. The van der Waals surface area contributed by atoms with Crippen molar-refractivity contribution in [2.45, 2.75) is 12.3 Å². The lowest BCUT2D eigenvalue weighted by molar-refractivity contribution is 0.0394. The van der Waals surface area contributed by atoms with E-state index < -0.39 is 18.8 Å². The monoisotopic (exact) mass is 172 g/mol. The molecule has 0 unspecified atom stereocenters. The molecule has 2 nitrogen and oxygen atoms in total. The van der Waals surface area contributed by atoms with Crippen molar-refractivity contribution in [3.63, 3.8) is 0 Å². The molecular weight excluding hydrogens is 159 g/mol. The summed E-state index contributed by atoms with van der Waals surface area (Å²) in [6.45, 7) is -3.03. The molecule has 0 aliphatic heterocycles. The average molecular weight is 172 g/mol. The van der Waals surface area contributed by atoms with Crippen molar-refractivity contribution in [2.24, 2.45) is 0 Å². The fraction of sp³-hybridized carbons (Fsp3) is 0.333. The lowest BCUT2D eigenvalue weighted by Gasteiger charge is -2.13. The van der Waals surface area contributed by atoms with E-state index in [9.17, 15) is 9.50 Å². The molecule has 12 heavy (non-hydrogen) atoms. The molecule has 0 saturated carbocycles. The van der Waals surface area contributed by atoms with Crippen molar-refractivity contribution in [2.75, 3.05) is 6.56 Å². The number of benzene rings is 1. The van der Waals surface area contributed by atoms with Gasteiger partial charge in [-0.2, -0.15) is 0 Å². The Morgan fingerprint density at radius 3 is 2.50 bits per heavy atom. The summed E-state index contributed by atoms with van der Waals surface area (Å²) in [6, 6.07) is 7.81. The molecule has 0 aliphatic carbocycles. The summed E-state index contributed by atoms with van der Waals surface area (Å²) in [5.74, 6) is 0. The minimum atomic E-state index is -3.03. The van der Waals surface area contributed by atoms with Gasteiger partial charge in [0.05, 0.1) is 9.30 Å². The zero-order chi connectivity index (χ0) is 10.8. The van der Waals surface area contributed by atoms with Crippen molar-refractivity contribution in [3.8, 4) is 0 Å². The van der Waals surface area contributed by atoms with E-state index in [1.54, 1.807) is 18.2 Å². The molecule has 0 aliphatic rings. The van der Waals surface area contributed by atoms with E-state index >= 15 is 0 Å². The first kappa shape index (κ1) is 6.57. The predicted octanol–water partition coefficient (Wildman–Crippen LogP) is 1.05. The lowest BCUT2D eigenvalue weighted by Crippen LogP contribution is -2.17. The van der Waals surface area contributed by atoms with Crippen molar-refractivity contribution in [3.05, 3.63) is 35.9 Å². The van der Waals surface area contributed by atoms with Gasteiger partial charge in [0.25, 0.3) is 0 Å². The Hall–Kier alpha value is -0.930. The van der Waals surface area contributed by atoms with Gasteiger partial charge in [0.2, 0.25) is 0 Å². The molecule has 66 valence electrons. The Kier molecular flexibility index (Phi) is 2.29. The first-order valence-corrected chi connectivity index (χ1v) is 3.52. The van der Waals surface area contributed by atoms with Crippen LogP contribution in [-0.4, -0.2) is 22.9 Å².